The van der Waals surface area contributed by atoms with E-state index in [1.54, 1.807) is 29.5 Å². The van der Waals surface area contributed by atoms with Gasteiger partial charge in [0.25, 0.3) is 0 Å². The first-order chi connectivity index (χ1) is 12.6. The Labute approximate surface area is 166 Å². The lowest BCUT2D eigenvalue weighted by atomic mass is 10.0. The van der Waals surface area contributed by atoms with Gasteiger partial charge in [0, 0.05) is 16.1 Å². The Hall–Kier alpha value is -2.96. The molecule has 0 aliphatic carbocycles. The molecule has 0 bridgehead atoms. The highest BCUT2D eigenvalue weighted by molar-refractivity contribution is 7.19. The van der Waals surface area contributed by atoms with E-state index in [1.165, 1.54) is 6.33 Å². The minimum atomic E-state index is -0.960. The zero-order valence-corrected chi connectivity index (χ0v) is 16.0. The maximum atomic E-state index is 11.2. The van der Waals surface area contributed by atoms with Crippen molar-refractivity contribution in [2.45, 2.75) is 6.92 Å². The summed E-state index contributed by atoms with van der Waals surface area (Å²) in [6.45, 7) is 2.07. The third kappa shape index (κ3) is 3.63. The van der Waals surface area contributed by atoms with E-state index < -0.39 is 5.97 Å². The summed E-state index contributed by atoms with van der Waals surface area (Å²) in [4.78, 5) is 22.1. The second-order valence-corrected chi connectivity index (χ2v) is 7.02. The predicted octanol–water partition coefficient (Wildman–Crippen LogP) is 5.53. The van der Waals surface area contributed by atoms with Crippen LogP contribution in [0.4, 0.5) is 11.5 Å². The van der Waals surface area contributed by atoms with Crippen LogP contribution < -0.4 is 5.32 Å². The summed E-state index contributed by atoms with van der Waals surface area (Å²) in [6.07, 6.45) is 1.52. The highest BCUT2D eigenvalue weighted by atomic mass is 35.5. The Bertz CT molecular complexity index is 1110. The van der Waals surface area contributed by atoms with Gasteiger partial charge in [0.2, 0.25) is 0 Å². The van der Waals surface area contributed by atoms with Crippen molar-refractivity contribution in [2.24, 2.45) is 0 Å². The lowest BCUT2D eigenvalue weighted by molar-refractivity contribution is 0.0697. The number of carboxylic acids is 1. The molecule has 2 N–H and O–H groups in total. The summed E-state index contributed by atoms with van der Waals surface area (Å²) in [5, 5.41) is 13.4. The quantitative estimate of drug-likeness (QED) is 0.473. The number of anilines is 2. The highest BCUT2D eigenvalue weighted by Crippen LogP contribution is 2.40. The predicted molar refractivity (Wildman–Crippen MR) is 112 cm³/mol. The second-order valence-electron chi connectivity index (χ2n) is 5.81. The molecule has 136 valence electrons. The molecule has 2 aromatic heterocycles. The van der Waals surface area contributed by atoms with E-state index in [9.17, 15) is 9.90 Å². The second kappa shape index (κ2) is 7.73. The van der Waals surface area contributed by atoms with Gasteiger partial charge in [-0.1, -0.05) is 36.4 Å². The van der Waals surface area contributed by atoms with Gasteiger partial charge < -0.3 is 10.4 Å². The van der Waals surface area contributed by atoms with Crippen LogP contribution in [0.15, 0.2) is 60.9 Å². The van der Waals surface area contributed by atoms with Gasteiger partial charge in [-0.15, -0.1) is 23.7 Å². The lowest BCUT2D eigenvalue weighted by Crippen LogP contribution is -1.99. The number of nitrogens with one attached hydrogen (secondary N) is 1. The fourth-order valence-corrected chi connectivity index (χ4v) is 3.97. The standard InChI is InChI=1S/C20H15N3O2S.ClH/c1-12-16(13-6-3-2-4-7-13)17-18(21-11-22-19(17)26-12)23-15-9-5-8-14(10-15)20(24)25;/h2-11H,1H3,(H,24,25)(H,21,22,23);1H. The summed E-state index contributed by atoms with van der Waals surface area (Å²) in [5.74, 6) is -0.293. The van der Waals surface area contributed by atoms with Crippen LogP contribution in [0.3, 0.4) is 0 Å². The van der Waals surface area contributed by atoms with Gasteiger partial charge in [-0.2, -0.15) is 0 Å². The van der Waals surface area contributed by atoms with Gasteiger partial charge in [-0.25, -0.2) is 14.8 Å². The first-order valence-electron chi connectivity index (χ1n) is 8.03. The number of aryl methyl sites for hydroxylation is 1. The van der Waals surface area contributed by atoms with E-state index >= 15 is 0 Å². The number of thiophene rings is 1. The topological polar surface area (TPSA) is 75.1 Å². The molecule has 5 nitrogen and oxygen atoms in total. The van der Waals surface area contributed by atoms with Gasteiger partial charge in [-0.05, 0) is 30.7 Å². The van der Waals surface area contributed by atoms with Crippen LogP contribution in [0.1, 0.15) is 15.2 Å². The zero-order valence-electron chi connectivity index (χ0n) is 14.3. The van der Waals surface area contributed by atoms with Gasteiger partial charge in [0.1, 0.15) is 17.0 Å². The van der Waals surface area contributed by atoms with Gasteiger partial charge >= 0.3 is 5.97 Å². The number of nitrogens with zero attached hydrogens (tertiary/aromatic N) is 2. The van der Waals surface area contributed by atoms with Crippen molar-refractivity contribution in [3.8, 4) is 11.1 Å². The van der Waals surface area contributed by atoms with Crippen molar-refractivity contribution in [3.05, 3.63) is 71.4 Å². The summed E-state index contributed by atoms with van der Waals surface area (Å²) in [6, 6.07) is 16.8. The zero-order chi connectivity index (χ0) is 18.1. The highest BCUT2D eigenvalue weighted by Gasteiger charge is 2.17. The van der Waals surface area contributed by atoms with E-state index in [0.717, 1.165) is 26.2 Å². The first-order valence-corrected chi connectivity index (χ1v) is 8.85. The van der Waals surface area contributed by atoms with Gasteiger partial charge in [-0.3, -0.25) is 0 Å². The van der Waals surface area contributed by atoms with Crippen LogP contribution in [0.25, 0.3) is 21.3 Å². The number of rotatable bonds is 4. The van der Waals surface area contributed by atoms with Crippen LogP contribution in [-0.4, -0.2) is 21.0 Å². The number of carboxylic acid groups (broad SMARTS) is 1. The molecule has 7 heteroatoms. The van der Waals surface area contributed by atoms with E-state index in [2.05, 4.69) is 34.3 Å². The molecule has 0 atom stereocenters. The number of hydrogen-bond acceptors (Lipinski definition) is 5. The number of aromatic nitrogens is 2. The molecular weight excluding hydrogens is 382 g/mol. The third-order valence-electron chi connectivity index (χ3n) is 4.10. The lowest BCUT2D eigenvalue weighted by Gasteiger charge is -2.09. The van der Waals surface area contributed by atoms with Crippen molar-refractivity contribution in [3.63, 3.8) is 0 Å². The average Bonchev–Trinajstić information content (AvgIpc) is 2.99. The van der Waals surface area contributed by atoms with E-state index in [-0.39, 0.29) is 18.0 Å². The largest absolute Gasteiger partial charge is 0.478 e. The van der Waals surface area contributed by atoms with Crippen LogP contribution in [0, 0.1) is 6.92 Å². The number of aromatic carboxylic acids is 1. The molecule has 0 radical (unpaired) electrons. The molecule has 4 rings (SSSR count). The molecule has 0 saturated heterocycles. The van der Waals surface area contributed by atoms with Crippen molar-refractivity contribution >= 4 is 51.4 Å². The molecular formula is C20H16ClN3O2S. The summed E-state index contributed by atoms with van der Waals surface area (Å²) < 4.78 is 0. The van der Waals surface area contributed by atoms with E-state index in [1.807, 2.05) is 24.3 Å². The van der Waals surface area contributed by atoms with Crippen LogP contribution in [-0.2, 0) is 0 Å². The van der Waals surface area contributed by atoms with Gasteiger partial charge in [0.15, 0.2) is 0 Å². The normalized spacial score (nSPS) is 10.4. The Morgan fingerprint density at radius 3 is 2.59 bits per heavy atom. The Balaban J connectivity index is 0.00000210. The van der Waals surface area contributed by atoms with Crippen molar-refractivity contribution in [2.75, 3.05) is 5.32 Å². The SMILES string of the molecule is Cc1sc2ncnc(Nc3cccc(C(=O)O)c3)c2c1-c1ccccc1.Cl. The third-order valence-corrected chi connectivity index (χ3v) is 5.11. The van der Waals surface area contributed by atoms with Crippen molar-refractivity contribution in [1.29, 1.82) is 0 Å². The molecule has 2 aromatic carbocycles. The Kier molecular flexibility index (Phi) is 5.39. The maximum Gasteiger partial charge on any atom is 0.335 e. The fourth-order valence-electron chi connectivity index (χ4n) is 2.96. The Morgan fingerprint density at radius 1 is 1.07 bits per heavy atom. The smallest absolute Gasteiger partial charge is 0.335 e. The molecule has 2 heterocycles. The van der Waals surface area contributed by atoms with Crippen molar-refractivity contribution < 1.29 is 9.90 Å². The molecule has 0 aliphatic heterocycles. The van der Waals surface area contributed by atoms with Crippen molar-refractivity contribution in [1.82, 2.24) is 9.97 Å². The summed E-state index contributed by atoms with van der Waals surface area (Å²) in [7, 11) is 0. The molecule has 0 amide bonds. The minimum Gasteiger partial charge on any atom is -0.478 e. The molecule has 0 aliphatic rings. The number of halogens is 1. The number of carbonyl (C=O) groups is 1. The monoisotopic (exact) mass is 397 g/mol. The average molecular weight is 398 g/mol. The fraction of sp³-hybridized carbons (Fsp3) is 0.0500. The molecule has 0 spiro atoms. The van der Waals surface area contributed by atoms with Crippen LogP contribution in [0.5, 0.6) is 0 Å². The molecule has 4 aromatic rings. The maximum absolute atomic E-state index is 11.2. The Morgan fingerprint density at radius 2 is 1.85 bits per heavy atom. The summed E-state index contributed by atoms with van der Waals surface area (Å²) in [5.41, 5.74) is 3.11. The number of fused-ring (bicyclic) bond motifs is 1. The van der Waals surface area contributed by atoms with E-state index in [0.29, 0.717) is 11.5 Å². The molecule has 0 unspecified atom stereocenters. The van der Waals surface area contributed by atoms with Crippen LogP contribution >= 0.6 is 23.7 Å². The first kappa shape index (κ1) is 18.8. The number of hydrogen-bond donors (Lipinski definition) is 2. The molecule has 0 saturated carbocycles. The van der Waals surface area contributed by atoms with Gasteiger partial charge in [0.05, 0.1) is 10.9 Å². The molecule has 27 heavy (non-hydrogen) atoms. The summed E-state index contributed by atoms with van der Waals surface area (Å²) >= 11 is 1.62. The minimum absolute atomic E-state index is 0. The number of benzene rings is 2. The molecule has 0 fully saturated rings. The van der Waals surface area contributed by atoms with E-state index in [4.69, 9.17) is 0 Å². The van der Waals surface area contributed by atoms with Crippen LogP contribution in [0.2, 0.25) is 0 Å².